The van der Waals surface area contributed by atoms with Crippen LogP contribution in [0.5, 0.6) is 5.75 Å². The molecule has 0 saturated heterocycles. The van der Waals surface area contributed by atoms with Gasteiger partial charge in [-0.15, -0.1) is 0 Å². The Morgan fingerprint density at radius 3 is 2.42 bits per heavy atom. The van der Waals surface area contributed by atoms with Crippen molar-refractivity contribution in [1.29, 1.82) is 0 Å². The minimum Gasteiger partial charge on any atom is -0.496 e. The van der Waals surface area contributed by atoms with Crippen LogP contribution in [0.25, 0.3) is 5.57 Å². The lowest BCUT2D eigenvalue weighted by Crippen LogP contribution is -2.11. The van der Waals surface area contributed by atoms with E-state index < -0.39 is 0 Å². The summed E-state index contributed by atoms with van der Waals surface area (Å²) in [6.07, 6.45) is 10.4. The summed E-state index contributed by atoms with van der Waals surface area (Å²) in [6, 6.07) is 6.52. The molecule has 0 unspecified atom stereocenters. The zero-order valence-electron chi connectivity index (χ0n) is 16.0. The lowest BCUT2D eigenvalue weighted by Gasteiger charge is -2.22. The zero-order chi connectivity index (χ0) is 17.7. The average molecular weight is 328 g/mol. The molecule has 132 valence electrons. The highest BCUT2D eigenvalue weighted by molar-refractivity contribution is 5.72. The first-order valence-corrected chi connectivity index (χ1v) is 9.22. The molecule has 0 radical (unpaired) electrons. The Labute approximate surface area is 147 Å². The predicted octanol–water partition coefficient (Wildman–Crippen LogP) is 5.82. The Morgan fingerprint density at radius 2 is 1.88 bits per heavy atom. The van der Waals surface area contributed by atoms with Gasteiger partial charge in [0.05, 0.1) is 7.11 Å². The number of methoxy groups -OCH3 is 1. The second-order valence-electron chi connectivity index (χ2n) is 7.86. The lowest BCUT2D eigenvalue weighted by molar-refractivity contribution is 0.412. The van der Waals surface area contributed by atoms with Crippen LogP contribution in [0.2, 0.25) is 0 Å². The van der Waals surface area contributed by atoms with Crippen LogP contribution in [-0.2, 0) is 5.41 Å². The first kappa shape index (κ1) is 18.6. The number of hydrogen-bond donors (Lipinski definition) is 1. The third kappa shape index (κ3) is 4.43. The topological polar surface area (TPSA) is 35.2 Å². The molecule has 2 N–H and O–H groups in total. The molecule has 24 heavy (non-hydrogen) atoms. The highest BCUT2D eigenvalue weighted by atomic mass is 16.5. The van der Waals surface area contributed by atoms with E-state index in [4.69, 9.17) is 10.5 Å². The summed E-state index contributed by atoms with van der Waals surface area (Å²) in [5, 5.41) is 0. The molecule has 0 spiro atoms. The molecule has 2 heteroatoms. The van der Waals surface area contributed by atoms with Gasteiger partial charge in [-0.25, -0.2) is 0 Å². The second kappa shape index (κ2) is 7.92. The van der Waals surface area contributed by atoms with Gasteiger partial charge in [0.1, 0.15) is 5.75 Å². The summed E-state index contributed by atoms with van der Waals surface area (Å²) in [5.74, 6) is 1.51. The van der Waals surface area contributed by atoms with E-state index in [-0.39, 0.29) is 5.41 Å². The van der Waals surface area contributed by atoms with Gasteiger partial charge >= 0.3 is 0 Å². The number of hydrogen-bond acceptors (Lipinski definition) is 2. The van der Waals surface area contributed by atoms with Crippen molar-refractivity contribution in [2.45, 2.75) is 65.2 Å². The van der Waals surface area contributed by atoms with E-state index in [1.165, 1.54) is 42.4 Å². The molecule has 0 bridgehead atoms. The molecule has 0 atom stereocenters. The Hall–Kier alpha value is -1.70. The molecule has 0 amide bonds. The Balaban J connectivity index is 2.38. The predicted molar refractivity (Wildman–Crippen MR) is 104 cm³/mol. The number of rotatable bonds is 5. The fourth-order valence-electron chi connectivity index (χ4n) is 3.42. The minimum absolute atomic E-state index is 0.124. The fraction of sp³-hybridized carbons (Fsp3) is 0.545. The molecule has 0 heterocycles. The van der Waals surface area contributed by atoms with Gasteiger partial charge in [0.2, 0.25) is 0 Å². The van der Waals surface area contributed by atoms with Crippen LogP contribution in [0.1, 0.15) is 70.9 Å². The summed E-state index contributed by atoms with van der Waals surface area (Å²) in [4.78, 5) is 0. The first-order valence-electron chi connectivity index (χ1n) is 9.22. The van der Waals surface area contributed by atoms with Gasteiger partial charge in [0.15, 0.2) is 0 Å². The van der Waals surface area contributed by atoms with E-state index in [0.717, 1.165) is 17.9 Å². The first-order chi connectivity index (χ1) is 11.4. The number of nitrogens with two attached hydrogens (primary N) is 1. The van der Waals surface area contributed by atoms with Crippen LogP contribution in [0.3, 0.4) is 0 Å². The smallest absolute Gasteiger partial charge is 0.126 e. The van der Waals surface area contributed by atoms with Crippen molar-refractivity contribution in [2.75, 3.05) is 7.11 Å². The quantitative estimate of drug-likeness (QED) is 0.692. The summed E-state index contributed by atoms with van der Waals surface area (Å²) in [5.41, 5.74) is 11.3. The average Bonchev–Trinajstić information content (AvgIpc) is 3.08. The molecule has 0 aromatic heterocycles. The van der Waals surface area contributed by atoms with E-state index in [1.807, 2.05) is 0 Å². The molecule has 1 aromatic rings. The van der Waals surface area contributed by atoms with Gasteiger partial charge in [-0.1, -0.05) is 52.7 Å². The molecular formula is C22H33NO. The highest BCUT2D eigenvalue weighted by Crippen LogP contribution is 2.34. The molecule has 1 aliphatic rings. The number of allylic oxidation sites excluding steroid dienone is 4. The van der Waals surface area contributed by atoms with Crippen LogP contribution in [0, 0.1) is 5.92 Å². The molecule has 1 saturated carbocycles. The minimum atomic E-state index is 0.124. The van der Waals surface area contributed by atoms with E-state index >= 15 is 0 Å². The molecule has 2 rings (SSSR count). The summed E-state index contributed by atoms with van der Waals surface area (Å²) < 4.78 is 5.61. The van der Waals surface area contributed by atoms with Gasteiger partial charge in [0, 0.05) is 11.3 Å². The van der Waals surface area contributed by atoms with Crippen LogP contribution in [-0.4, -0.2) is 7.11 Å². The van der Waals surface area contributed by atoms with Crippen LogP contribution in [0.4, 0.5) is 0 Å². The van der Waals surface area contributed by atoms with Crippen molar-refractivity contribution in [2.24, 2.45) is 11.7 Å². The van der Waals surface area contributed by atoms with Crippen molar-refractivity contribution in [1.82, 2.24) is 0 Å². The maximum Gasteiger partial charge on any atom is 0.126 e. The molecule has 2 nitrogen and oxygen atoms in total. The normalized spacial score (nSPS) is 17.4. The summed E-state index contributed by atoms with van der Waals surface area (Å²) >= 11 is 0. The van der Waals surface area contributed by atoms with E-state index in [1.54, 1.807) is 7.11 Å². The van der Waals surface area contributed by atoms with Gasteiger partial charge in [-0.3, -0.25) is 0 Å². The van der Waals surface area contributed by atoms with Crippen molar-refractivity contribution >= 4 is 5.57 Å². The van der Waals surface area contributed by atoms with Crippen molar-refractivity contribution in [3.05, 3.63) is 47.2 Å². The maximum atomic E-state index is 6.32. The third-order valence-corrected chi connectivity index (χ3v) is 5.10. The second-order valence-corrected chi connectivity index (χ2v) is 7.86. The van der Waals surface area contributed by atoms with Crippen molar-refractivity contribution in [3.63, 3.8) is 0 Å². The zero-order valence-corrected chi connectivity index (χ0v) is 16.0. The van der Waals surface area contributed by atoms with Crippen molar-refractivity contribution in [3.8, 4) is 5.75 Å². The number of benzene rings is 1. The van der Waals surface area contributed by atoms with Gasteiger partial charge in [0.25, 0.3) is 0 Å². The van der Waals surface area contributed by atoms with Crippen LogP contribution in [0.15, 0.2) is 36.0 Å². The van der Waals surface area contributed by atoms with Gasteiger partial charge in [-0.2, -0.15) is 0 Å². The van der Waals surface area contributed by atoms with Crippen LogP contribution >= 0.6 is 0 Å². The Bertz CT molecular complexity index is 613. The monoisotopic (exact) mass is 327 g/mol. The standard InChI is InChI=1S/C22H33NO/c1-6-16(11-13-20(23)17-9-7-8-10-17)19-15-18(22(2,3)4)12-14-21(19)24-5/h11-15,17H,6-10,23H2,1-5H3/b16-11+,20-13-. The SMILES string of the molecule is CC/C(=C\C=C(/N)C1CCCC1)c1cc(C(C)(C)C)ccc1OC. The largest absolute Gasteiger partial charge is 0.496 e. The molecule has 1 aromatic carbocycles. The lowest BCUT2D eigenvalue weighted by atomic mass is 9.85. The fourth-order valence-corrected chi connectivity index (χ4v) is 3.42. The van der Waals surface area contributed by atoms with Crippen molar-refractivity contribution < 1.29 is 4.74 Å². The molecule has 1 fully saturated rings. The summed E-state index contributed by atoms with van der Waals surface area (Å²) in [7, 11) is 1.74. The van der Waals surface area contributed by atoms with Gasteiger partial charge < -0.3 is 10.5 Å². The van der Waals surface area contributed by atoms with Gasteiger partial charge in [-0.05, 0) is 59.9 Å². The third-order valence-electron chi connectivity index (χ3n) is 5.10. The maximum absolute atomic E-state index is 6.32. The van der Waals surface area contributed by atoms with E-state index in [9.17, 15) is 0 Å². The Kier molecular flexibility index (Phi) is 6.15. The molecule has 0 aliphatic heterocycles. The Morgan fingerprint density at radius 1 is 1.21 bits per heavy atom. The van der Waals surface area contributed by atoms with Crippen LogP contribution < -0.4 is 10.5 Å². The van der Waals surface area contributed by atoms with E-state index in [2.05, 4.69) is 58.0 Å². The molecule has 1 aliphatic carbocycles. The number of ether oxygens (including phenoxy) is 1. The molecular weight excluding hydrogens is 294 g/mol. The highest BCUT2D eigenvalue weighted by Gasteiger charge is 2.18. The van der Waals surface area contributed by atoms with E-state index in [0.29, 0.717) is 5.92 Å². The summed E-state index contributed by atoms with van der Waals surface area (Å²) in [6.45, 7) is 8.92.